The Kier molecular flexibility index (Phi) is 3.77. The molecule has 1 unspecified atom stereocenters. The van der Waals surface area contributed by atoms with E-state index in [0.717, 1.165) is 11.3 Å². The van der Waals surface area contributed by atoms with Crippen molar-refractivity contribution in [2.24, 2.45) is 5.84 Å². The van der Waals surface area contributed by atoms with Crippen molar-refractivity contribution in [1.82, 2.24) is 5.43 Å². The highest BCUT2D eigenvalue weighted by molar-refractivity contribution is 5.31. The van der Waals surface area contributed by atoms with E-state index in [1.807, 2.05) is 24.3 Å². The Hall–Kier alpha value is -1.10. The van der Waals surface area contributed by atoms with E-state index < -0.39 is 0 Å². The summed E-state index contributed by atoms with van der Waals surface area (Å²) in [5.41, 5.74) is 3.82. The second-order valence-electron chi connectivity index (χ2n) is 4.06. The molecule has 88 valence electrons. The predicted molar refractivity (Wildman–Crippen MR) is 62.0 cm³/mol. The summed E-state index contributed by atoms with van der Waals surface area (Å²) in [5, 5.41) is 0. The third kappa shape index (κ3) is 2.95. The molecule has 1 fully saturated rings. The van der Waals surface area contributed by atoms with Crippen molar-refractivity contribution < 1.29 is 9.47 Å². The van der Waals surface area contributed by atoms with Gasteiger partial charge in [-0.25, -0.2) is 0 Å². The first-order chi connectivity index (χ1) is 7.83. The van der Waals surface area contributed by atoms with Gasteiger partial charge in [0.2, 0.25) is 0 Å². The number of rotatable bonds is 6. The second kappa shape index (κ2) is 5.30. The van der Waals surface area contributed by atoms with Gasteiger partial charge < -0.3 is 9.47 Å². The number of methoxy groups -OCH3 is 1. The van der Waals surface area contributed by atoms with Gasteiger partial charge in [0.1, 0.15) is 5.75 Å². The lowest BCUT2D eigenvalue weighted by Crippen LogP contribution is -2.31. The molecule has 1 aromatic rings. The van der Waals surface area contributed by atoms with Crippen LogP contribution >= 0.6 is 0 Å². The Morgan fingerprint density at radius 3 is 2.94 bits per heavy atom. The topological polar surface area (TPSA) is 56.5 Å². The SMILES string of the molecule is COCC(NN)c1cccc(OC2CC2)c1. The fraction of sp³-hybridized carbons (Fsp3) is 0.500. The van der Waals surface area contributed by atoms with Crippen LogP contribution in [0.25, 0.3) is 0 Å². The second-order valence-corrected chi connectivity index (χ2v) is 4.06. The Morgan fingerprint density at radius 1 is 1.50 bits per heavy atom. The maximum Gasteiger partial charge on any atom is 0.120 e. The van der Waals surface area contributed by atoms with Crippen molar-refractivity contribution in [3.8, 4) is 5.75 Å². The van der Waals surface area contributed by atoms with Gasteiger partial charge in [0.15, 0.2) is 0 Å². The van der Waals surface area contributed by atoms with Crippen molar-refractivity contribution in [2.75, 3.05) is 13.7 Å². The van der Waals surface area contributed by atoms with Crippen molar-refractivity contribution in [3.63, 3.8) is 0 Å². The van der Waals surface area contributed by atoms with E-state index in [1.54, 1.807) is 7.11 Å². The number of hydrazine groups is 1. The first-order valence-corrected chi connectivity index (χ1v) is 5.55. The molecule has 0 saturated heterocycles. The summed E-state index contributed by atoms with van der Waals surface area (Å²) in [7, 11) is 1.66. The van der Waals surface area contributed by atoms with E-state index in [0.29, 0.717) is 12.7 Å². The molecular formula is C12H18N2O2. The van der Waals surface area contributed by atoms with Crippen molar-refractivity contribution in [2.45, 2.75) is 25.0 Å². The van der Waals surface area contributed by atoms with Crippen molar-refractivity contribution >= 4 is 0 Å². The Balaban J connectivity index is 2.06. The fourth-order valence-corrected chi connectivity index (χ4v) is 1.59. The van der Waals surface area contributed by atoms with Crippen LogP contribution in [0.1, 0.15) is 24.4 Å². The third-order valence-electron chi connectivity index (χ3n) is 2.62. The monoisotopic (exact) mass is 222 g/mol. The van der Waals surface area contributed by atoms with Crippen LogP contribution in [0.2, 0.25) is 0 Å². The zero-order chi connectivity index (χ0) is 11.4. The van der Waals surface area contributed by atoms with Gasteiger partial charge in [-0.3, -0.25) is 11.3 Å². The van der Waals surface area contributed by atoms with Gasteiger partial charge in [0, 0.05) is 7.11 Å². The van der Waals surface area contributed by atoms with Crippen LogP contribution in [0.3, 0.4) is 0 Å². The van der Waals surface area contributed by atoms with Gasteiger partial charge >= 0.3 is 0 Å². The number of benzene rings is 1. The van der Waals surface area contributed by atoms with E-state index in [1.165, 1.54) is 12.8 Å². The van der Waals surface area contributed by atoms with E-state index in [9.17, 15) is 0 Å². The molecule has 1 atom stereocenters. The number of hydrogen-bond donors (Lipinski definition) is 2. The van der Waals surface area contributed by atoms with Gasteiger partial charge in [-0.05, 0) is 30.5 Å². The quantitative estimate of drug-likeness (QED) is 0.564. The first-order valence-electron chi connectivity index (χ1n) is 5.55. The maximum absolute atomic E-state index is 5.73. The van der Waals surface area contributed by atoms with Crippen LogP contribution in [-0.2, 0) is 4.74 Å². The molecule has 1 aliphatic carbocycles. The van der Waals surface area contributed by atoms with Crippen LogP contribution in [0.15, 0.2) is 24.3 Å². The van der Waals surface area contributed by atoms with Crippen LogP contribution in [0.5, 0.6) is 5.75 Å². The summed E-state index contributed by atoms with van der Waals surface area (Å²) in [6, 6.07) is 7.99. The Labute approximate surface area is 95.7 Å². The molecule has 0 aliphatic heterocycles. The zero-order valence-corrected chi connectivity index (χ0v) is 9.48. The summed E-state index contributed by atoms with van der Waals surface area (Å²) >= 11 is 0. The lowest BCUT2D eigenvalue weighted by Gasteiger charge is -2.16. The average Bonchev–Trinajstić information content (AvgIpc) is 3.10. The van der Waals surface area contributed by atoms with Crippen LogP contribution in [-0.4, -0.2) is 19.8 Å². The molecule has 0 spiro atoms. The Morgan fingerprint density at radius 2 is 2.31 bits per heavy atom. The van der Waals surface area contributed by atoms with Gasteiger partial charge in [-0.15, -0.1) is 0 Å². The molecule has 0 heterocycles. The Bertz CT molecular complexity index is 340. The predicted octanol–water partition coefficient (Wildman–Crippen LogP) is 1.38. The van der Waals surface area contributed by atoms with Gasteiger partial charge in [0.25, 0.3) is 0 Å². The molecule has 1 aromatic carbocycles. The van der Waals surface area contributed by atoms with E-state index >= 15 is 0 Å². The van der Waals surface area contributed by atoms with Gasteiger partial charge in [-0.1, -0.05) is 12.1 Å². The molecule has 16 heavy (non-hydrogen) atoms. The smallest absolute Gasteiger partial charge is 0.120 e. The largest absolute Gasteiger partial charge is 0.490 e. The molecular weight excluding hydrogens is 204 g/mol. The lowest BCUT2D eigenvalue weighted by molar-refractivity contribution is 0.167. The molecule has 1 saturated carbocycles. The fourth-order valence-electron chi connectivity index (χ4n) is 1.59. The minimum atomic E-state index is 0.00718. The molecule has 1 aliphatic rings. The van der Waals surface area contributed by atoms with Crippen molar-refractivity contribution in [3.05, 3.63) is 29.8 Å². The molecule has 4 heteroatoms. The summed E-state index contributed by atoms with van der Waals surface area (Å²) in [5.74, 6) is 6.40. The van der Waals surface area contributed by atoms with E-state index in [4.69, 9.17) is 15.3 Å². The van der Waals surface area contributed by atoms with Crippen LogP contribution in [0, 0.1) is 0 Å². The molecule has 0 radical (unpaired) electrons. The van der Waals surface area contributed by atoms with E-state index in [-0.39, 0.29) is 6.04 Å². The first kappa shape index (κ1) is 11.4. The number of hydrogen-bond acceptors (Lipinski definition) is 4. The van der Waals surface area contributed by atoms with Crippen molar-refractivity contribution in [1.29, 1.82) is 0 Å². The van der Waals surface area contributed by atoms with Crippen LogP contribution < -0.4 is 16.0 Å². The van der Waals surface area contributed by atoms with Crippen LogP contribution in [0.4, 0.5) is 0 Å². The number of nitrogens with two attached hydrogens (primary N) is 1. The highest BCUT2D eigenvalue weighted by atomic mass is 16.5. The van der Waals surface area contributed by atoms with Gasteiger partial charge in [0.05, 0.1) is 18.8 Å². The maximum atomic E-state index is 5.73. The van der Waals surface area contributed by atoms with E-state index in [2.05, 4.69) is 5.43 Å². The molecule has 3 N–H and O–H groups in total. The highest BCUT2D eigenvalue weighted by Gasteiger charge is 2.23. The summed E-state index contributed by atoms with van der Waals surface area (Å²) in [6.45, 7) is 0.545. The molecule has 2 rings (SSSR count). The number of nitrogens with one attached hydrogen (secondary N) is 1. The minimum Gasteiger partial charge on any atom is -0.490 e. The number of ether oxygens (including phenoxy) is 2. The summed E-state index contributed by atoms with van der Waals surface area (Å²) in [4.78, 5) is 0. The molecule has 0 aromatic heterocycles. The minimum absolute atomic E-state index is 0.00718. The standard InChI is InChI=1S/C12H18N2O2/c1-15-8-12(14-13)9-3-2-4-11(7-9)16-10-5-6-10/h2-4,7,10,12,14H,5-6,8,13H2,1H3. The molecule has 4 nitrogen and oxygen atoms in total. The summed E-state index contributed by atoms with van der Waals surface area (Å²) < 4.78 is 10.8. The third-order valence-corrected chi connectivity index (χ3v) is 2.62. The highest BCUT2D eigenvalue weighted by Crippen LogP contribution is 2.28. The molecule has 0 amide bonds. The summed E-state index contributed by atoms with van der Waals surface area (Å²) in [6.07, 6.45) is 2.75. The normalized spacial score (nSPS) is 17.1. The molecule has 0 bridgehead atoms. The van der Waals surface area contributed by atoms with Gasteiger partial charge in [-0.2, -0.15) is 0 Å². The average molecular weight is 222 g/mol. The lowest BCUT2D eigenvalue weighted by atomic mass is 10.1. The zero-order valence-electron chi connectivity index (χ0n) is 9.48.